The quantitative estimate of drug-likeness (QED) is 0.684. The molecule has 0 aliphatic rings. The Kier molecular flexibility index (Phi) is 2.68. The molecule has 0 amide bonds. The van der Waals surface area contributed by atoms with Crippen molar-refractivity contribution in [2.24, 2.45) is 0 Å². The summed E-state index contributed by atoms with van der Waals surface area (Å²) in [4.78, 5) is 10.9. The van der Waals surface area contributed by atoms with Gasteiger partial charge < -0.3 is 0 Å². The molecular weight excluding hydrogens is 294 g/mol. The fourth-order valence-electron chi connectivity index (χ4n) is 1.85. The van der Waals surface area contributed by atoms with Crippen LogP contribution in [-0.4, -0.2) is 20.9 Å². The van der Waals surface area contributed by atoms with Crippen molar-refractivity contribution in [3.63, 3.8) is 0 Å². The fraction of sp³-hybridized carbons (Fsp3) is 0. The molecule has 0 fully saturated rings. The number of carbonyl (C=O) groups excluding carboxylic acids is 1. The van der Waals surface area contributed by atoms with E-state index in [1.807, 2.05) is 34.9 Å². The summed E-state index contributed by atoms with van der Waals surface area (Å²) in [5.41, 5.74) is 2.04. The monoisotopic (exact) mass is 301 g/mol. The van der Waals surface area contributed by atoms with E-state index in [1.54, 1.807) is 12.1 Å². The molecule has 0 aliphatic carbocycles. The van der Waals surface area contributed by atoms with E-state index >= 15 is 0 Å². The summed E-state index contributed by atoms with van der Waals surface area (Å²) in [6.07, 6.45) is 2.63. The number of pyridine rings is 1. The highest BCUT2D eigenvalue weighted by molar-refractivity contribution is 9.10. The predicted octanol–water partition coefficient (Wildman–Crippen LogP) is 2.97. The number of nitrogens with zero attached hydrogens (tertiary/aromatic N) is 3. The van der Waals surface area contributed by atoms with Gasteiger partial charge in [0.1, 0.15) is 0 Å². The Morgan fingerprint density at radius 3 is 2.72 bits per heavy atom. The minimum atomic E-state index is 0.531. The van der Waals surface area contributed by atoms with Gasteiger partial charge in [-0.15, -0.1) is 10.2 Å². The molecule has 0 radical (unpaired) electrons. The van der Waals surface area contributed by atoms with Crippen LogP contribution in [0.25, 0.3) is 17.0 Å². The molecule has 1 aromatic carbocycles. The molecule has 3 aromatic rings. The second-order valence-electron chi connectivity index (χ2n) is 3.78. The maximum atomic E-state index is 10.9. The minimum absolute atomic E-state index is 0.531. The molecule has 0 bridgehead atoms. The Bertz CT molecular complexity index is 736. The van der Waals surface area contributed by atoms with Crippen LogP contribution in [0.4, 0.5) is 0 Å². The molecule has 0 saturated heterocycles. The molecule has 0 atom stereocenters. The number of carbonyl (C=O) groups is 1. The number of benzene rings is 1. The summed E-state index contributed by atoms with van der Waals surface area (Å²) >= 11 is 3.49. The van der Waals surface area contributed by atoms with Crippen molar-refractivity contribution in [2.75, 3.05) is 0 Å². The van der Waals surface area contributed by atoms with E-state index in [-0.39, 0.29) is 0 Å². The highest BCUT2D eigenvalue weighted by atomic mass is 79.9. The number of rotatable bonds is 2. The van der Waals surface area contributed by atoms with Gasteiger partial charge in [-0.3, -0.25) is 9.20 Å². The first-order chi connectivity index (χ1) is 8.81. The van der Waals surface area contributed by atoms with Gasteiger partial charge in [-0.2, -0.15) is 0 Å². The van der Waals surface area contributed by atoms with Crippen molar-refractivity contribution < 1.29 is 4.79 Å². The van der Waals surface area contributed by atoms with Gasteiger partial charge in [0.05, 0.1) is 5.56 Å². The van der Waals surface area contributed by atoms with Gasteiger partial charge in [0.25, 0.3) is 0 Å². The topological polar surface area (TPSA) is 47.3 Å². The summed E-state index contributed by atoms with van der Waals surface area (Å²) < 4.78 is 2.75. The summed E-state index contributed by atoms with van der Waals surface area (Å²) in [7, 11) is 0. The Morgan fingerprint density at radius 1 is 1.11 bits per heavy atom. The number of aromatic nitrogens is 3. The molecule has 0 saturated carbocycles. The van der Waals surface area contributed by atoms with Gasteiger partial charge >= 0.3 is 0 Å². The smallest absolute Gasteiger partial charge is 0.171 e. The summed E-state index contributed by atoms with van der Waals surface area (Å²) in [6, 6.07) is 11.3. The zero-order chi connectivity index (χ0) is 12.5. The van der Waals surface area contributed by atoms with Crippen molar-refractivity contribution in [2.45, 2.75) is 0 Å². The largest absolute Gasteiger partial charge is 0.298 e. The van der Waals surface area contributed by atoms with Crippen LogP contribution in [0.2, 0.25) is 0 Å². The van der Waals surface area contributed by atoms with Crippen LogP contribution in [-0.2, 0) is 0 Å². The van der Waals surface area contributed by atoms with Crippen LogP contribution in [0.1, 0.15) is 10.4 Å². The summed E-state index contributed by atoms with van der Waals surface area (Å²) in [5.74, 6) is 0.709. The molecule has 0 aliphatic heterocycles. The average molecular weight is 302 g/mol. The summed E-state index contributed by atoms with van der Waals surface area (Å²) in [6.45, 7) is 0. The second-order valence-corrected chi connectivity index (χ2v) is 4.63. The van der Waals surface area contributed by atoms with Gasteiger partial charge in [-0.1, -0.05) is 34.1 Å². The Hall–Kier alpha value is -2.01. The third-order valence-corrected chi connectivity index (χ3v) is 3.40. The van der Waals surface area contributed by atoms with Gasteiger partial charge in [0.2, 0.25) is 0 Å². The van der Waals surface area contributed by atoms with Crippen LogP contribution >= 0.6 is 15.9 Å². The predicted molar refractivity (Wildman–Crippen MR) is 71.5 cm³/mol. The van der Waals surface area contributed by atoms with E-state index in [9.17, 15) is 4.79 Å². The number of hydrogen-bond donors (Lipinski definition) is 0. The number of halogens is 1. The van der Waals surface area contributed by atoms with E-state index in [1.165, 1.54) is 0 Å². The number of fused-ring (bicyclic) bond motifs is 1. The van der Waals surface area contributed by atoms with Gasteiger partial charge in [0.15, 0.2) is 17.8 Å². The zero-order valence-electron chi connectivity index (χ0n) is 9.25. The molecule has 2 aromatic heterocycles. The van der Waals surface area contributed by atoms with E-state index in [2.05, 4.69) is 26.1 Å². The molecule has 2 heterocycles. The molecule has 18 heavy (non-hydrogen) atoms. The van der Waals surface area contributed by atoms with Crippen LogP contribution in [0, 0.1) is 0 Å². The lowest BCUT2D eigenvalue weighted by molar-refractivity contribution is 0.112. The van der Waals surface area contributed by atoms with Gasteiger partial charge in [0, 0.05) is 16.2 Å². The maximum absolute atomic E-state index is 10.9. The van der Waals surface area contributed by atoms with Crippen LogP contribution in [0.5, 0.6) is 0 Å². The fourth-order valence-corrected chi connectivity index (χ4v) is 2.32. The number of hydrogen-bond acceptors (Lipinski definition) is 3. The van der Waals surface area contributed by atoms with Crippen LogP contribution in [0.15, 0.2) is 47.1 Å². The highest BCUT2D eigenvalue weighted by Crippen LogP contribution is 2.27. The van der Waals surface area contributed by atoms with E-state index < -0.39 is 0 Å². The Balaban J connectivity index is 2.32. The standard InChI is InChI=1S/C13H8BrN3O/c14-11-6-2-1-5-10(11)13-16-15-12-9(8-18)4-3-7-17(12)13/h1-8H. The molecule has 88 valence electrons. The second kappa shape index (κ2) is 4.34. The molecule has 3 rings (SSSR count). The van der Waals surface area contributed by atoms with Gasteiger partial charge in [-0.25, -0.2) is 0 Å². The molecule has 5 heteroatoms. The van der Waals surface area contributed by atoms with E-state index in [0.29, 0.717) is 17.0 Å². The molecule has 0 spiro atoms. The lowest BCUT2D eigenvalue weighted by Gasteiger charge is -2.02. The molecule has 4 nitrogen and oxygen atoms in total. The SMILES string of the molecule is O=Cc1cccn2c(-c3ccccc3Br)nnc12. The first-order valence-electron chi connectivity index (χ1n) is 5.35. The molecule has 0 N–H and O–H groups in total. The zero-order valence-corrected chi connectivity index (χ0v) is 10.8. The lowest BCUT2D eigenvalue weighted by atomic mass is 10.2. The highest BCUT2D eigenvalue weighted by Gasteiger charge is 2.12. The third-order valence-electron chi connectivity index (χ3n) is 2.71. The third kappa shape index (κ3) is 1.64. The number of aldehydes is 1. The van der Waals surface area contributed by atoms with Crippen molar-refractivity contribution >= 4 is 27.9 Å². The lowest BCUT2D eigenvalue weighted by Crippen LogP contribution is -1.92. The normalized spacial score (nSPS) is 10.7. The first kappa shape index (κ1) is 11.1. The Morgan fingerprint density at radius 2 is 1.94 bits per heavy atom. The van der Waals surface area contributed by atoms with Crippen molar-refractivity contribution in [3.8, 4) is 11.4 Å². The molecular formula is C13H8BrN3O. The van der Waals surface area contributed by atoms with Crippen molar-refractivity contribution in [1.82, 2.24) is 14.6 Å². The average Bonchev–Trinajstić information content (AvgIpc) is 2.83. The molecule has 0 unspecified atom stereocenters. The summed E-state index contributed by atoms with van der Waals surface area (Å²) in [5, 5.41) is 8.23. The van der Waals surface area contributed by atoms with Crippen LogP contribution < -0.4 is 0 Å². The first-order valence-corrected chi connectivity index (χ1v) is 6.14. The van der Waals surface area contributed by atoms with Gasteiger partial charge in [-0.05, 0) is 18.2 Å². The Labute approximate surface area is 111 Å². The van der Waals surface area contributed by atoms with Crippen molar-refractivity contribution in [3.05, 3.63) is 52.6 Å². The maximum Gasteiger partial charge on any atom is 0.171 e. The minimum Gasteiger partial charge on any atom is -0.298 e. The van der Waals surface area contributed by atoms with E-state index in [4.69, 9.17) is 0 Å². The van der Waals surface area contributed by atoms with Crippen molar-refractivity contribution in [1.29, 1.82) is 0 Å². The van der Waals surface area contributed by atoms with Crippen LogP contribution in [0.3, 0.4) is 0 Å². The van der Waals surface area contributed by atoms with E-state index in [0.717, 1.165) is 16.3 Å².